The molecule has 1 N–H and O–H groups in total. The van der Waals surface area contributed by atoms with Crippen LogP contribution in [0.5, 0.6) is 11.5 Å². The zero-order valence-electron chi connectivity index (χ0n) is 18.4. The van der Waals surface area contributed by atoms with Crippen LogP contribution in [0.2, 0.25) is 0 Å². The lowest BCUT2D eigenvalue weighted by Gasteiger charge is -2.11. The second-order valence-electron chi connectivity index (χ2n) is 7.92. The normalized spacial score (nSPS) is 10.8. The molecule has 30 heavy (non-hydrogen) atoms. The predicted molar refractivity (Wildman–Crippen MR) is 128 cm³/mol. The van der Waals surface area contributed by atoms with Crippen LogP contribution in [0.4, 0.5) is 5.69 Å². The van der Waals surface area contributed by atoms with Crippen molar-refractivity contribution in [3.05, 3.63) is 52.5 Å². The molecular weight excluding hydrogens is 442 g/mol. The molecule has 0 aliphatic rings. The Morgan fingerprint density at radius 2 is 1.70 bits per heavy atom. The van der Waals surface area contributed by atoms with Gasteiger partial charge in [-0.25, -0.2) is 0 Å². The van der Waals surface area contributed by atoms with Crippen molar-refractivity contribution in [1.29, 1.82) is 0 Å². The highest BCUT2D eigenvalue weighted by Crippen LogP contribution is 2.27. The molecule has 164 valence electrons. The minimum absolute atomic E-state index is 0.158. The summed E-state index contributed by atoms with van der Waals surface area (Å²) in [5.74, 6) is 2.02. The number of nitrogens with one attached hydrogen (secondary N) is 1. The van der Waals surface area contributed by atoms with Crippen LogP contribution in [0.3, 0.4) is 0 Å². The highest BCUT2D eigenvalue weighted by atomic mass is 79.9. The van der Waals surface area contributed by atoms with Gasteiger partial charge in [-0.3, -0.25) is 4.79 Å². The summed E-state index contributed by atoms with van der Waals surface area (Å²) in [6, 6.07) is 12.9. The first kappa shape index (κ1) is 24.3. The average Bonchev–Trinajstić information content (AvgIpc) is 2.72. The third-order valence-corrected chi connectivity index (χ3v) is 5.40. The van der Waals surface area contributed by atoms with Gasteiger partial charge in [-0.1, -0.05) is 46.5 Å². The van der Waals surface area contributed by atoms with Crippen molar-refractivity contribution in [2.45, 2.75) is 59.3 Å². The van der Waals surface area contributed by atoms with E-state index < -0.39 is 0 Å². The van der Waals surface area contributed by atoms with Crippen LogP contribution in [-0.4, -0.2) is 19.1 Å². The van der Waals surface area contributed by atoms with E-state index in [0.717, 1.165) is 41.1 Å². The van der Waals surface area contributed by atoms with Crippen LogP contribution in [0.15, 0.2) is 46.9 Å². The molecule has 1 amide bonds. The molecule has 0 aliphatic carbocycles. The summed E-state index contributed by atoms with van der Waals surface area (Å²) in [6.07, 6.45) is 7.09. The molecule has 0 unspecified atom stereocenters. The minimum Gasteiger partial charge on any atom is -0.494 e. The summed E-state index contributed by atoms with van der Waals surface area (Å²) in [5, 5.41) is 2.92. The van der Waals surface area contributed by atoms with Crippen molar-refractivity contribution in [2.24, 2.45) is 5.92 Å². The van der Waals surface area contributed by atoms with E-state index in [9.17, 15) is 4.79 Å². The van der Waals surface area contributed by atoms with E-state index in [4.69, 9.17) is 9.47 Å². The van der Waals surface area contributed by atoms with Gasteiger partial charge < -0.3 is 14.8 Å². The Hall–Kier alpha value is -2.01. The summed E-state index contributed by atoms with van der Waals surface area (Å²) in [4.78, 5) is 12.6. The first-order valence-corrected chi connectivity index (χ1v) is 11.8. The number of rotatable bonds is 13. The first-order chi connectivity index (χ1) is 14.5. The van der Waals surface area contributed by atoms with Gasteiger partial charge in [0, 0.05) is 11.3 Å². The number of halogens is 1. The van der Waals surface area contributed by atoms with Crippen LogP contribution in [0, 0.1) is 5.92 Å². The Morgan fingerprint density at radius 3 is 2.37 bits per heavy atom. The van der Waals surface area contributed by atoms with Gasteiger partial charge in [-0.2, -0.15) is 0 Å². The van der Waals surface area contributed by atoms with E-state index in [-0.39, 0.29) is 5.91 Å². The topological polar surface area (TPSA) is 47.6 Å². The quantitative estimate of drug-likeness (QED) is 0.305. The van der Waals surface area contributed by atoms with Gasteiger partial charge in [-0.05, 0) is 77.2 Å². The molecule has 2 aromatic carbocycles. The maximum atomic E-state index is 12.6. The van der Waals surface area contributed by atoms with E-state index in [1.165, 1.54) is 25.7 Å². The SMILES string of the molecule is CCCCCCCOc1ccc(NC(=O)c2ccc(OCCC(C)C)c(Br)c2)cc1. The van der Waals surface area contributed by atoms with Gasteiger partial charge in [0.15, 0.2) is 0 Å². The van der Waals surface area contributed by atoms with Gasteiger partial charge in [0.2, 0.25) is 0 Å². The van der Waals surface area contributed by atoms with Crippen LogP contribution >= 0.6 is 15.9 Å². The van der Waals surface area contributed by atoms with Crippen LogP contribution < -0.4 is 14.8 Å². The average molecular weight is 476 g/mol. The number of carbonyl (C=O) groups excluding carboxylic acids is 1. The molecule has 0 aliphatic heterocycles. The lowest BCUT2D eigenvalue weighted by atomic mass is 10.1. The molecular formula is C25H34BrNO3. The monoisotopic (exact) mass is 475 g/mol. The lowest BCUT2D eigenvalue weighted by Crippen LogP contribution is -2.12. The number of carbonyl (C=O) groups is 1. The van der Waals surface area contributed by atoms with E-state index in [1.807, 2.05) is 30.3 Å². The van der Waals surface area contributed by atoms with Crippen molar-refractivity contribution >= 4 is 27.5 Å². The fraction of sp³-hybridized carbons (Fsp3) is 0.480. The molecule has 0 atom stereocenters. The van der Waals surface area contributed by atoms with Gasteiger partial charge in [-0.15, -0.1) is 0 Å². The van der Waals surface area contributed by atoms with Crippen molar-refractivity contribution in [1.82, 2.24) is 0 Å². The van der Waals surface area contributed by atoms with Crippen LogP contribution in [-0.2, 0) is 0 Å². The molecule has 4 nitrogen and oxygen atoms in total. The molecule has 0 aromatic heterocycles. The molecule has 0 radical (unpaired) electrons. The maximum Gasteiger partial charge on any atom is 0.255 e. The molecule has 5 heteroatoms. The minimum atomic E-state index is -0.158. The van der Waals surface area contributed by atoms with Crippen LogP contribution in [0.1, 0.15) is 69.7 Å². The fourth-order valence-electron chi connectivity index (χ4n) is 2.90. The highest BCUT2D eigenvalue weighted by Gasteiger charge is 2.10. The number of hydrogen-bond acceptors (Lipinski definition) is 3. The fourth-order valence-corrected chi connectivity index (χ4v) is 3.39. The number of amides is 1. The molecule has 0 bridgehead atoms. The van der Waals surface area contributed by atoms with Gasteiger partial charge >= 0.3 is 0 Å². The first-order valence-electron chi connectivity index (χ1n) is 11.0. The van der Waals surface area contributed by atoms with E-state index >= 15 is 0 Å². The molecule has 0 fully saturated rings. The number of unbranched alkanes of at least 4 members (excludes halogenated alkanes) is 4. The zero-order valence-corrected chi connectivity index (χ0v) is 20.0. The van der Waals surface area contributed by atoms with Crippen molar-refractivity contribution in [3.8, 4) is 11.5 Å². The van der Waals surface area contributed by atoms with Crippen molar-refractivity contribution in [3.63, 3.8) is 0 Å². The summed E-state index contributed by atoms with van der Waals surface area (Å²) in [5.41, 5.74) is 1.31. The number of benzene rings is 2. The van der Waals surface area contributed by atoms with Gasteiger partial charge in [0.05, 0.1) is 17.7 Å². The number of ether oxygens (including phenoxy) is 2. The Bertz CT molecular complexity index is 774. The van der Waals surface area contributed by atoms with Crippen molar-refractivity contribution in [2.75, 3.05) is 18.5 Å². The number of anilines is 1. The lowest BCUT2D eigenvalue weighted by molar-refractivity contribution is 0.102. The summed E-state index contributed by atoms with van der Waals surface area (Å²) >= 11 is 3.50. The third kappa shape index (κ3) is 8.78. The summed E-state index contributed by atoms with van der Waals surface area (Å²) in [6.45, 7) is 7.94. The largest absolute Gasteiger partial charge is 0.494 e. The van der Waals surface area contributed by atoms with Gasteiger partial charge in [0.25, 0.3) is 5.91 Å². The third-order valence-electron chi connectivity index (χ3n) is 4.78. The summed E-state index contributed by atoms with van der Waals surface area (Å²) < 4.78 is 12.3. The molecule has 2 aromatic rings. The standard InChI is InChI=1S/C25H34BrNO3/c1-4-5-6-7-8-16-29-22-12-10-21(11-13-22)27-25(28)20-9-14-24(23(26)18-20)30-17-15-19(2)3/h9-14,18-19H,4-8,15-17H2,1-3H3,(H,27,28). The Balaban J connectivity index is 1.81. The second-order valence-corrected chi connectivity index (χ2v) is 8.77. The zero-order chi connectivity index (χ0) is 21.8. The smallest absolute Gasteiger partial charge is 0.255 e. The summed E-state index contributed by atoms with van der Waals surface area (Å²) in [7, 11) is 0. The Morgan fingerprint density at radius 1 is 0.967 bits per heavy atom. The van der Waals surface area contributed by atoms with E-state index in [0.29, 0.717) is 18.1 Å². The van der Waals surface area contributed by atoms with Crippen LogP contribution in [0.25, 0.3) is 0 Å². The molecule has 0 saturated heterocycles. The second kappa shape index (κ2) is 13.3. The number of hydrogen-bond donors (Lipinski definition) is 1. The van der Waals surface area contributed by atoms with Crippen molar-refractivity contribution < 1.29 is 14.3 Å². The highest BCUT2D eigenvalue weighted by molar-refractivity contribution is 9.10. The van der Waals surface area contributed by atoms with E-state index in [1.54, 1.807) is 12.1 Å². The predicted octanol–water partition coefficient (Wildman–Crippen LogP) is 7.48. The van der Waals surface area contributed by atoms with Gasteiger partial charge in [0.1, 0.15) is 11.5 Å². The molecule has 0 spiro atoms. The molecule has 2 rings (SSSR count). The Kier molecular flexibility index (Phi) is 10.8. The van der Waals surface area contributed by atoms with E-state index in [2.05, 4.69) is 42.0 Å². The maximum absolute atomic E-state index is 12.6. The Labute approximate surface area is 189 Å². The molecule has 0 heterocycles. The molecule has 0 saturated carbocycles.